The van der Waals surface area contributed by atoms with Crippen molar-refractivity contribution in [3.8, 4) is 5.75 Å². The number of benzene rings is 3. The summed E-state index contributed by atoms with van der Waals surface area (Å²) in [5.41, 5.74) is 6.25. The summed E-state index contributed by atoms with van der Waals surface area (Å²) in [5, 5.41) is 0. The summed E-state index contributed by atoms with van der Waals surface area (Å²) in [6.07, 6.45) is 0. The second-order valence-corrected chi connectivity index (χ2v) is 7.37. The van der Waals surface area contributed by atoms with E-state index < -0.39 is 0 Å². The minimum Gasteiger partial charge on any atom is -0.497 e. The van der Waals surface area contributed by atoms with E-state index in [1.165, 1.54) is 28.0 Å². The van der Waals surface area contributed by atoms with Gasteiger partial charge in [-0.2, -0.15) is 0 Å². The van der Waals surface area contributed by atoms with Crippen LogP contribution >= 0.6 is 0 Å². The van der Waals surface area contributed by atoms with E-state index in [1.54, 1.807) is 7.11 Å². The first-order valence-corrected chi connectivity index (χ1v) is 9.55. The van der Waals surface area contributed by atoms with Crippen LogP contribution in [0.25, 0.3) is 0 Å². The minimum absolute atomic E-state index is 0.0607. The molecule has 0 unspecified atom stereocenters. The summed E-state index contributed by atoms with van der Waals surface area (Å²) in [6.45, 7) is 4.44. The maximum Gasteiger partial charge on any atom is 0.119 e. The molecule has 0 aromatic heterocycles. The SMILES string of the molecule is COc1ccc2c(c1)[C@H](c1ccccc1)[C@H](c1ccccc1)N=C2C(C)C. The molecule has 1 heterocycles. The van der Waals surface area contributed by atoms with Crippen LogP contribution in [0, 0.1) is 5.92 Å². The van der Waals surface area contributed by atoms with Gasteiger partial charge >= 0.3 is 0 Å². The molecule has 136 valence electrons. The average molecular weight is 355 g/mol. The number of nitrogens with zero attached hydrogens (tertiary/aromatic N) is 1. The molecule has 2 atom stereocenters. The Bertz CT molecular complexity index is 945. The predicted octanol–water partition coefficient (Wildman–Crippen LogP) is 6.03. The Labute approximate surface area is 161 Å². The lowest BCUT2D eigenvalue weighted by molar-refractivity contribution is 0.413. The molecule has 0 N–H and O–H groups in total. The highest BCUT2D eigenvalue weighted by Crippen LogP contribution is 2.46. The molecule has 2 heteroatoms. The number of hydrogen-bond acceptors (Lipinski definition) is 2. The van der Waals surface area contributed by atoms with Crippen molar-refractivity contribution in [2.24, 2.45) is 10.9 Å². The highest BCUT2D eigenvalue weighted by Gasteiger charge is 2.34. The molecule has 0 radical (unpaired) electrons. The van der Waals surface area contributed by atoms with Crippen molar-refractivity contribution in [1.82, 2.24) is 0 Å². The first-order valence-electron chi connectivity index (χ1n) is 9.55. The summed E-state index contributed by atoms with van der Waals surface area (Å²) in [4.78, 5) is 5.28. The van der Waals surface area contributed by atoms with Crippen LogP contribution in [0.3, 0.4) is 0 Å². The van der Waals surface area contributed by atoms with Crippen molar-refractivity contribution in [2.75, 3.05) is 7.11 Å². The van der Waals surface area contributed by atoms with Gasteiger partial charge in [0.1, 0.15) is 5.75 Å². The third-order valence-electron chi connectivity index (χ3n) is 5.31. The standard InChI is InChI=1S/C25H25NO/c1-17(2)24-21-15-14-20(27-3)16-22(21)23(18-10-6-4-7-11-18)25(26-24)19-12-8-5-9-13-19/h4-17,23,25H,1-3H3/t23-,25-/m0/s1. The van der Waals surface area contributed by atoms with Crippen LogP contribution in [0.1, 0.15) is 48.1 Å². The molecular weight excluding hydrogens is 330 g/mol. The van der Waals surface area contributed by atoms with Crippen molar-refractivity contribution in [3.63, 3.8) is 0 Å². The zero-order valence-electron chi connectivity index (χ0n) is 16.1. The van der Waals surface area contributed by atoms with Gasteiger partial charge in [0.25, 0.3) is 0 Å². The second kappa shape index (κ2) is 7.40. The van der Waals surface area contributed by atoms with Crippen LogP contribution in [0.4, 0.5) is 0 Å². The predicted molar refractivity (Wildman–Crippen MR) is 112 cm³/mol. The number of hydrogen-bond donors (Lipinski definition) is 0. The molecule has 4 rings (SSSR count). The number of ether oxygens (including phenoxy) is 1. The summed E-state index contributed by atoms with van der Waals surface area (Å²) in [7, 11) is 1.73. The lowest BCUT2D eigenvalue weighted by Crippen LogP contribution is -2.25. The quantitative estimate of drug-likeness (QED) is 0.560. The fourth-order valence-corrected chi connectivity index (χ4v) is 4.02. The molecule has 3 aromatic carbocycles. The Hall–Kier alpha value is -2.87. The van der Waals surface area contributed by atoms with E-state index in [4.69, 9.17) is 9.73 Å². The van der Waals surface area contributed by atoms with E-state index >= 15 is 0 Å². The number of fused-ring (bicyclic) bond motifs is 1. The summed E-state index contributed by atoms with van der Waals surface area (Å²) in [5.74, 6) is 1.42. The van der Waals surface area contributed by atoms with Gasteiger partial charge in [0.15, 0.2) is 0 Å². The Kier molecular flexibility index (Phi) is 4.81. The molecule has 0 amide bonds. The molecular formula is C25H25NO. The first kappa shape index (κ1) is 17.5. The minimum atomic E-state index is 0.0607. The molecule has 0 saturated carbocycles. The normalized spacial score (nSPS) is 18.7. The van der Waals surface area contributed by atoms with Gasteiger partial charge in [-0.15, -0.1) is 0 Å². The van der Waals surface area contributed by atoms with Crippen molar-refractivity contribution < 1.29 is 4.74 Å². The Balaban J connectivity index is 1.97. The van der Waals surface area contributed by atoms with Gasteiger partial charge in [-0.25, -0.2) is 0 Å². The van der Waals surface area contributed by atoms with Gasteiger partial charge in [-0.1, -0.05) is 74.5 Å². The maximum absolute atomic E-state index is 5.56. The summed E-state index contributed by atoms with van der Waals surface area (Å²) in [6, 6.07) is 27.8. The van der Waals surface area contributed by atoms with Crippen LogP contribution in [-0.2, 0) is 0 Å². The first-order chi connectivity index (χ1) is 13.2. The van der Waals surface area contributed by atoms with Crippen molar-refractivity contribution in [2.45, 2.75) is 25.8 Å². The van der Waals surface area contributed by atoms with E-state index in [0.29, 0.717) is 5.92 Å². The number of methoxy groups -OCH3 is 1. The van der Waals surface area contributed by atoms with Crippen LogP contribution in [-0.4, -0.2) is 12.8 Å². The smallest absolute Gasteiger partial charge is 0.119 e. The second-order valence-electron chi connectivity index (χ2n) is 7.37. The molecule has 27 heavy (non-hydrogen) atoms. The van der Waals surface area contributed by atoms with E-state index in [-0.39, 0.29) is 12.0 Å². The lowest BCUT2D eigenvalue weighted by Gasteiger charge is -2.34. The van der Waals surface area contributed by atoms with Gasteiger partial charge in [0.05, 0.1) is 13.2 Å². The molecule has 0 bridgehead atoms. The highest BCUT2D eigenvalue weighted by atomic mass is 16.5. The van der Waals surface area contributed by atoms with Crippen molar-refractivity contribution in [3.05, 3.63) is 101 Å². The topological polar surface area (TPSA) is 21.6 Å². The van der Waals surface area contributed by atoms with Gasteiger partial charge in [0, 0.05) is 11.6 Å². The molecule has 0 aliphatic carbocycles. The van der Waals surface area contributed by atoms with Crippen LogP contribution in [0.5, 0.6) is 5.75 Å². The number of aliphatic imine (C=N–C) groups is 1. The zero-order valence-corrected chi connectivity index (χ0v) is 16.1. The van der Waals surface area contributed by atoms with Gasteiger partial charge in [-0.3, -0.25) is 4.99 Å². The molecule has 1 aliphatic rings. The van der Waals surface area contributed by atoms with Crippen LogP contribution < -0.4 is 4.74 Å². The van der Waals surface area contributed by atoms with Crippen molar-refractivity contribution >= 4 is 5.71 Å². The van der Waals surface area contributed by atoms with Crippen LogP contribution in [0.2, 0.25) is 0 Å². The Morgan fingerprint density at radius 1 is 0.815 bits per heavy atom. The average Bonchev–Trinajstić information content (AvgIpc) is 2.73. The molecule has 0 saturated heterocycles. The van der Waals surface area contributed by atoms with Crippen LogP contribution in [0.15, 0.2) is 83.9 Å². The van der Waals surface area contributed by atoms with Crippen molar-refractivity contribution in [1.29, 1.82) is 0 Å². The fourth-order valence-electron chi connectivity index (χ4n) is 4.02. The Morgan fingerprint density at radius 3 is 2.04 bits per heavy atom. The van der Waals surface area contributed by atoms with E-state index in [0.717, 1.165) is 5.75 Å². The largest absolute Gasteiger partial charge is 0.497 e. The third kappa shape index (κ3) is 3.28. The van der Waals surface area contributed by atoms with Gasteiger partial charge in [-0.05, 0) is 46.4 Å². The fraction of sp³-hybridized carbons (Fsp3) is 0.240. The molecule has 0 fully saturated rings. The van der Waals surface area contributed by atoms with E-state index in [9.17, 15) is 0 Å². The number of rotatable bonds is 4. The summed E-state index contributed by atoms with van der Waals surface area (Å²) >= 11 is 0. The molecule has 1 aliphatic heterocycles. The summed E-state index contributed by atoms with van der Waals surface area (Å²) < 4.78 is 5.56. The molecule has 0 spiro atoms. The lowest BCUT2D eigenvalue weighted by atomic mass is 9.75. The van der Waals surface area contributed by atoms with Gasteiger partial charge in [0.2, 0.25) is 0 Å². The molecule has 2 nitrogen and oxygen atoms in total. The van der Waals surface area contributed by atoms with E-state index in [2.05, 4.69) is 86.6 Å². The monoisotopic (exact) mass is 355 g/mol. The Morgan fingerprint density at radius 2 is 1.44 bits per heavy atom. The van der Waals surface area contributed by atoms with Gasteiger partial charge < -0.3 is 4.74 Å². The zero-order chi connectivity index (χ0) is 18.8. The van der Waals surface area contributed by atoms with E-state index in [1.807, 2.05) is 6.07 Å². The molecule has 3 aromatic rings. The highest BCUT2D eigenvalue weighted by molar-refractivity contribution is 6.04. The third-order valence-corrected chi connectivity index (χ3v) is 5.31. The maximum atomic E-state index is 5.56.